The third kappa shape index (κ3) is 3.27. The smallest absolute Gasteiger partial charge is 0.236 e. The van der Waals surface area contributed by atoms with Gasteiger partial charge in [-0.1, -0.05) is 6.07 Å². The molecule has 0 amide bonds. The molecule has 4 rings (SSSR count). The summed E-state index contributed by atoms with van der Waals surface area (Å²) in [5.74, 6) is 2.64. The number of hydrogen-bond donors (Lipinski definition) is 1. The monoisotopic (exact) mass is 370 g/mol. The van der Waals surface area contributed by atoms with Crippen LogP contribution in [0.25, 0.3) is 10.2 Å². The number of thiophene rings is 1. The summed E-state index contributed by atoms with van der Waals surface area (Å²) in [4.78, 5) is 11.7. The van der Waals surface area contributed by atoms with E-state index < -0.39 is 0 Å². The molecule has 2 aromatic heterocycles. The van der Waals surface area contributed by atoms with E-state index in [1.54, 1.807) is 20.5 Å². The third-order valence-electron chi connectivity index (χ3n) is 5.00. The first kappa shape index (κ1) is 17.2. The lowest BCUT2D eigenvalue weighted by molar-refractivity contribution is -0.573. The number of nitrogens with zero attached hydrogens (tertiary/aromatic N) is 2. The minimum Gasteiger partial charge on any atom is -0.493 e. The van der Waals surface area contributed by atoms with Crippen molar-refractivity contribution in [2.45, 2.75) is 32.1 Å². The number of aromatic nitrogens is 2. The normalized spacial score (nSPS) is 13.6. The molecule has 0 unspecified atom stereocenters. The topological polar surface area (TPSA) is 60.9 Å². The van der Waals surface area contributed by atoms with Gasteiger partial charge >= 0.3 is 0 Å². The van der Waals surface area contributed by atoms with Crippen LogP contribution < -0.4 is 14.8 Å². The molecule has 0 saturated heterocycles. The Balaban J connectivity index is 1.51. The molecule has 0 fully saturated rings. The number of fused-ring (bicyclic) bond motifs is 3. The predicted molar refractivity (Wildman–Crippen MR) is 104 cm³/mol. The summed E-state index contributed by atoms with van der Waals surface area (Å²) in [6.45, 7) is 0.937. The van der Waals surface area contributed by atoms with Crippen LogP contribution in [0.2, 0.25) is 0 Å². The predicted octanol–water partition coefficient (Wildman–Crippen LogP) is 3.02. The molecule has 0 aliphatic heterocycles. The van der Waals surface area contributed by atoms with Gasteiger partial charge in [0.2, 0.25) is 5.82 Å². The second-order valence-electron chi connectivity index (χ2n) is 6.58. The van der Waals surface area contributed by atoms with Crippen molar-refractivity contribution in [2.75, 3.05) is 20.8 Å². The first-order chi connectivity index (χ1) is 12.8. The Kier molecular flexibility index (Phi) is 5.04. The Labute approximate surface area is 157 Å². The van der Waals surface area contributed by atoms with E-state index in [9.17, 15) is 0 Å². The summed E-state index contributed by atoms with van der Waals surface area (Å²) in [6, 6.07) is 6.11. The van der Waals surface area contributed by atoms with Gasteiger partial charge in [-0.05, 0) is 48.9 Å². The van der Waals surface area contributed by atoms with E-state index in [0.29, 0.717) is 0 Å². The molecule has 0 bridgehead atoms. The fourth-order valence-electron chi connectivity index (χ4n) is 3.68. The average Bonchev–Trinajstić information content (AvgIpc) is 3.07. The highest BCUT2D eigenvalue weighted by molar-refractivity contribution is 7.18. The first-order valence-corrected chi connectivity index (χ1v) is 9.91. The Hall–Kier alpha value is -2.18. The molecule has 0 saturated carbocycles. The molecule has 136 valence electrons. The van der Waals surface area contributed by atoms with Gasteiger partial charge in [0.1, 0.15) is 11.2 Å². The molecule has 2 N–H and O–H groups in total. The van der Waals surface area contributed by atoms with Crippen molar-refractivity contribution in [2.24, 2.45) is 0 Å². The van der Waals surface area contributed by atoms with Crippen LogP contribution in [0.4, 0.5) is 5.82 Å². The summed E-state index contributed by atoms with van der Waals surface area (Å²) in [5.41, 5.74) is 2.73. The summed E-state index contributed by atoms with van der Waals surface area (Å²) in [6.07, 6.45) is 7.58. The maximum atomic E-state index is 5.40. The van der Waals surface area contributed by atoms with Gasteiger partial charge in [0.05, 0.1) is 26.2 Å². The molecule has 5 nitrogen and oxygen atoms in total. The zero-order chi connectivity index (χ0) is 17.9. The van der Waals surface area contributed by atoms with E-state index >= 15 is 0 Å². The molecule has 0 radical (unpaired) electrons. The number of quaternary nitrogens is 1. The van der Waals surface area contributed by atoms with E-state index in [1.807, 2.05) is 17.4 Å². The van der Waals surface area contributed by atoms with Crippen LogP contribution in [0.5, 0.6) is 11.5 Å². The number of rotatable bonds is 6. The molecule has 1 aliphatic carbocycles. The zero-order valence-electron chi connectivity index (χ0n) is 15.2. The molecule has 1 aromatic carbocycles. The number of ether oxygens (including phenoxy) is 2. The zero-order valence-corrected chi connectivity index (χ0v) is 16.1. The lowest BCUT2D eigenvalue weighted by atomic mass is 9.97. The number of aryl methyl sites for hydroxylation is 2. The van der Waals surface area contributed by atoms with E-state index in [-0.39, 0.29) is 0 Å². The molecule has 0 atom stereocenters. The molecular weight excluding hydrogens is 346 g/mol. The molecule has 3 aromatic rings. The Morgan fingerprint density at radius 3 is 2.77 bits per heavy atom. The van der Waals surface area contributed by atoms with Crippen molar-refractivity contribution in [3.8, 4) is 11.5 Å². The van der Waals surface area contributed by atoms with Gasteiger partial charge in [-0.3, -0.25) is 5.32 Å². The van der Waals surface area contributed by atoms with Gasteiger partial charge in [0, 0.05) is 11.3 Å². The summed E-state index contributed by atoms with van der Waals surface area (Å²) >= 11 is 1.85. The molecule has 26 heavy (non-hydrogen) atoms. The maximum Gasteiger partial charge on any atom is 0.236 e. The summed E-state index contributed by atoms with van der Waals surface area (Å²) in [5, 5.41) is 3.54. The number of benzene rings is 1. The van der Waals surface area contributed by atoms with Gasteiger partial charge in [-0.15, -0.1) is 11.3 Å². The number of hydrogen-bond acceptors (Lipinski definition) is 5. The lowest BCUT2D eigenvalue weighted by Crippen LogP contribution is -2.79. The third-order valence-corrected chi connectivity index (χ3v) is 6.20. The fraction of sp³-hybridized carbons (Fsp3) is 0.400. The number of methoxy groups -OCH3 is 2. The summed E-state index contributed by atoms with van der Waals surface area (Å²) < 4.78 is 10.7. The largest absolute Gasteiger partial charge is 0.493 e. The van der Waals surface area contributed by atoms with Crippen LogP contribution in [0, 0.1) is 0 Å². The maximum absolute atomic E-state index is 5.40. The van der Waals surface area contributed by atoms with Crippen molar-refractivity contribution >= 4 is 27.4 Å². The standard InChI is InChI=1S/C20H23N3O2S/c1-24-15-8-7-13(11-16(15)25-2)9-10-21-19-18-14-5-3-4-6-17(14)26-20(18)23-12-22-19/h7-8,11-12H,3-6,9-10H2,1-2H3,(H,21,22,23)/p+1. The molecule has 6 heteroatoms. The average molecular weight is 370 g/mol. The van der Waals surface area contributed by atoms with Crippen molar-refractivity contribution in [1.82, 2.24) is 9.97 Å². The Morgan fingerprint density at radius 2 is 1.92 bits per heavy atom. The van der Waals surface area contributed by atoms with Gasteiger partial charge < -0.3 is 9.47 Å². The highest BCUT2D eigenvalue weighted by atomic mass is 32.1. The lowest BCUT2D eigenvalue weighted by Gasteiger charge is -2.11. The van der Waals surface area contributed by atoms with Crippen LogP contribution in [0.3, 0.4) is 0 Å². The summed E-state index contributed by atoms with van der Waals surface area (Å²) in [7, 11) is 3.33. The van der Waals surface area contributed by atoms with Crippen LogP contribution in [0.1, 0.15) is 28.8 Å². The van der Waals surface area contributed by atoms with Crippen molar-refractivity contribution < 1.29 is 14.8 Å². The van der Waals surface area contributed by atoms with E-state index in [0.717, 1.165) is 35.1 Å². The molecule has 0 spiro atoms. The van der Waals surface area contributed by atoms with Gasteiger partial charge in [-0.25, -0.2) is 4.98 Å². The highest BCUT2D eigenvalue weighted by Gasteiger charge is 2.21. The second-order valence-corrected chi connectivity index (χ2v) is 7.67. The van der Waals surface area contributed by atoms with E-state index in [2.05, 4.69) is 27.4 Å². The van der Waals surface area contributed by atoms with Crippen molar-refractivity contribution in [3.63, 3.8) is 0 Å². The van der Waals surface area contributed by atoms with E-state index in [4.69, 9.17) is 9.47 Å². The quantitative estimate of drug-likeness (QED) is 0.725. The van der Waals surface area contributed by atoms with Crippen LogP contribution >= 0.6 is 11.3 Å². The van der Waals surface area contributed by atoms with Gasteiger partial charge in [0.15, 0.2) is 11.5 Å². The first-order valence-electron chi connectivity index (χ1n) is 9.09. The van der Waals surface area contributed by atoms with E-state index in [1.165, 1.54) is 47.1 Å². The molecule has 1 aliphatic rings. The highest BCUT2D eigenvalue weighted by Crippen LogP contribution is 2.36. The second kappa shape index (κ2) is 7.60. The SMILES string of the molecule is COc1ccc(CC[NH2+]c2ncnc3sc4c(c23)CCCC4)cc1OC. The minimum absolute atomic E-state index is 0.766. The van der Waals surface area contributed by atoms with Crippen LogP contribution in [0.15, 0.2) is 24.5 Å². The van der Waals surface area contributed by atoms with Crippen LogP contribution in [-0.4, -0.2) is 30.7 Å². The van der Waals surface area contributed by atoms with Crippen molar-refractivity contribution in [3.05, 3.63) is 40.5 Å². The molecule has 2 heterocycles. The minimum atomic E-state index is 0.766. The Bertz CT molecular complexity index is 923. The Morgan fingerprint density at radius 1 is 1.08 bits per heavy atom. The molecular formula is C20H24N3O2S+. The van der Waals surface area contributed by atoms with Crippen LogP contribution in [-0.2, 0) is 19.3 Å². The fourth-order valence-corrected chi connectivity index (χ4v) is 4.92. The van der Waals surface area contributed by atoms with Gasteiger partial charge in [-0.2, -0.15) is 4.98 Å². The van der Waals surface area contributed by atoms with Crippen molar-refractivity contribution in [1.29, 1.82) is 0 Å². The van der Waals surface area contributed by atoms with Gasteiger partial charge in [0.25, 0.3) is 0 Å². The number of nitrogens with two attached hydrogens (primary N) is 1.